The molecule has 0 spiro atoms. The summed E-state index contributed by atoms with van der Waals surface area (Å²) in [7, 11) is 1.66. The van der Waals surface area contributed by atoms with Gasteiger partial charge < -0.3 is 24.9 Å². The maximum absolute atomic E-state index is 12.6. The van der Waals surface area contributed by atoms with E-state index in [9.17, 15) is 20.0 Å². The number of aliphatic hydroxyl groups excluding tert-OH is 1. The van der Waals surface area contributed by atoms with Crippen LogP contribution in [0.15, 0.2) is 51.7 Å². The minimum atomic E-state index is -0.757. The van der Waals surface area contributed by atoms with Crippen molar-refractivity contribution in [3.63, 3.8) is 0 Å². The molecule has 0 aliphatic carbocycles. The molecule has 4 rings (SSSR count). The zero-order chi connectivity index (χ0) is 23.4. The summed E-state index contributed by atoms with van der Waals surface area (Å²) in [5, 5.41) is 25.1. The number of carbonyl (C=O) groups is 1. The van der Waals surface area contributed by atoms with Gasteiger partial charge in [0.2, 0.25) is 0 Å². The van der Waals surface area contributed by atoms with E-state index in [1.807, 2.05) is 36.4 Å². The summed E-state index contributed by atoms with van der Waals surface area (Å²) in [5.74, 6) is -0.780. The molecule has 3 atom stereocenters. The summed E-state index contributed by atoms with van der Waals surface area (Å²) < 4.78 is 12.1. The summed E-state index contributed by atoms with van der Waals surface area (Å²) in [6, 6.07) is 14.7. The predicted molar refractivity (Wildman–Crippen MR) is 121 cm³/mol. The number of hydrogen-bond donors (Lipinski definition) is 3. The number of aliphatic hydroxyl groups is 1. The average Bonchev–Trinajstić information content (AvgIpc) is 3.09. The number of hydrogen-bond acceptors (Lipinski definition) is 7. The maximum Gasteiger partial charge on any atom is 0.419 e. The Morgan fingerprint density at radius 1 is 1.30 bits per heavy atom. The minimum Gasteiger partial charge on any atom is -0.408 e. The van der Waals surface area contributed by atoms with Crippen LogP contribution >= 0.6 is 0 Å². The highest BCUT2D eigenvalue weighted by atomic mass is 16.5. The van der Waals surface area contributed by atoms with Crippen molar-refractivity contribution in [1.29, 1.82) is 5.26 Å². The quantitative estimate of drug-likeness (QED) is 0.531. The molecule has 1 unspecified atom stereocenters. The standard InChI is InChI=1S/C24H26N4O5/c1-28-20-11-17(6-7-21(20)33-24(28)31)16-4-2-15(3-5-16)10-18(12-25)27-23(30)22-13-26-9-8-19(29)14-32-22/h2-7,11,18-19,22,26,29H,8-10,13-14H2,1H3,(H,27,30)/t18-,19?,22-/m0/s1. The highest BCUT2D eigenvalue weighted by Gasteiger charge is 2.24. The van der Waals surface area contributed by atoms with Crippen LogP contribution in [0.25, 0.3) is 22.2 Å². The van der Waals surface area contributed by atoms with Crippen LogP contribution in [0.3, 0.4) is 0 Å². The Balaban J connectivity index is 1.41. The number of benzene rings is 2. The minimum absolute atomic E-state index is 0.0945. The van der Waals surface area contributed by atoms with Crippen LogP contribution < -0.4 is 16.4 Å². The van der Waals surface area contributed by atoms with Crippen molar-refractivity contribution < 1.29 is 19.1 Å². The third kappa shape index (κ3) is 5.31. The summed E-state index contributed by atoms with van der Waals surface area (Å²) in [6.45, 7) is 1.03. The smallest absolute Gasteiger partial charge is 0.408 e. The van der Waals surface area contributed by atoms with Gasteiger partial charge in [-0.3, -0.25) is 9.36 Å². The van der Waals surface area contributed by atoms with Gasteiger partial charge >= 0.3 is 5.76 Å². The van der Waals surface area contributed by atoms with Gasteiger partial charge in [0, 0.05) is 20.0 Å². The second-order valence-corrected chi connectivity index (χ2v) is 8.17. The van der Waals surface area contributed by atoms with Gasteiger partial charge in [-0.25, -0.2) is 4.79 Å². The van der Waals surface area contributed by atoms with E-state index in [-0.39, 0.29) is 12.5 Å². The first kappa shape index (κ1) is 22.7. The fourth-order valence-electron chi connectivity index (χ4n) is 3.81. The van der Waals surface area contributed by atoms with E-state index in [1.165, 1.54) is 4.57 Å². The summed E-state index contributed by atoms with van der Waals surface area (Å²) in [4.78, 5) is 24.3. The molecule has 3 N–H and O–H groups in total. The molecular weight excluding hydrogens is 424 g/mol. The third-order valence-corrected chi connectivity index (χ3v) is 5.76. The molecule has 0 bridgehead atoms. The molecule has 1 saturated heterocycles. The van der Waals surface area contributed by atoms with Gasteiger partial charge in [-0.05, 0) is 41.8 Å². The van der Waals surface area contributed by atoms with Crippen molar-refractivity contribution in [2.24, 2.45) is 7.05 Å². The number of nitrogens with zero attached hydrogens (tertiary/aromatic N) is 2. The van der Waals surface area contributed by atoms with Gasteiger partial charge in [0.25, 0.3) is 5.91 Å². The number of aromatic nitrogens is 1. The van der Waals surface area contributed by atoms with E-state index in [0.717, 1.165) is 16.7 Å². The van der Waals surface area contributed by atoms with E-state index in [0.29, 0.717) is 37.0 Å². The van der Waals surface area contributed by atoms with Gasteiger partial charge in [0.1, 0.15) is 12.1 Å². The summed E-state index contributed by atoms with van der Waals surface area (Å²) in [6.07, 6.45) is -0.454. The number of aryl methyl sites for hydroxylation is 1. The first-order chi connectivity index (χ1) is 15.9. The lowest BCUT2D eigenvalue weighted by Gasteiger charge is -2.24. The van der Waals surface area contributed by atoms with Crippen LogP contribution in [0.2, 0.25) is 0 Å². The average molecular weight is 450 g/mol. The van der Waals surface area contributed by atoms with Gasteiger partial charge in [0.15, 0.2) is 5.58 Å². The zero-order valence-electron chi connectivity index (χ0n) is 18.3. The first-order valence-corrected chi connectivity index (χ1v) is 10.8. The van der Waals surface area contributed by atoms with Crippen LogP contribution in [0, 0.1) is 11.3 Å². The summed E-state index contributed by atoms with van der Waals surface area (Å²) >= 11 is 0. The molecule has 33 heavy (non-hydrogen) atoms. The second kappa shape index (κ2) is 10.0. The normalized spacial score (nSPS) is 19.9. The Kier molecular flexibility index (Phi) is 6.89. The SMILES string of the molecule is Cn1c(=O)oc2ccc(-c3ccc(C[C@@H](C#N)NC(=O)[C@@H]4CNCCC(O)CO4)cc3)cc21. The van der Waals surface area contributed by atoms with E-state index >= 15 is 0 Å². The Morgan fingerprint density at radius 3 is 2.82 bits per heavy atom. The van der Waals surface area contributed by atoms with Gasteiger partial charge in [0.05, 0.1) is 24.3 Å². The molecule has 1 aliphatic heterocycles. The molecule has 9 nitrogen and oxygen atoms in total. The predicted octanol–water partition coefficient (Wildman–Crippen LogP) is 1.09. The lowest BCUT2D eigenvalue weighted by molar-refractivity contribution is -0.135. The number of oxazole rings is 1. The highest BCUT2D eigenvalue weighted by Crippen LogP contribution is 2.24. The van der Waals surface area contributed by atoms with E-state index in [4.69, 9.17) is 9.15 Å². The fourth-order valence-corrected chi connectivity index (χ4v) is 3.81. The van der Waals surface area contributed by atoms with Crippen LogP contribution in [0.1, 0.15) is 12.0 Å². The molecule has 3 aromatic rings. The lowest BCUT2D eigenvalue weighted by Crippen LogP contribution is -2.49. The molecule has 172 valence electrons. The largest absolute Gasteiger partial charge is 0.419 e. The molecule has 0 radical (unpaired) electrons. The van der Waals surface area contributed by atoms with Crippen LogP contribution in [0.4, 0.5) is 0 Å². The Hall–Kier alpha value is -3.45. The third-order valence-electron chi connectivity index (χ3n) is 5.76. The number of rotatable bonds is 5. The second-order valence-electron chi connectivity index (χ2n) is 8.17. The van der Waals surface area contributed by atoms with Crippen molar-refractivity contribution in [3.8, 4) is 17.2 Å². The molecule has 1 aliphatic rings. The number of ether oxygens (including phenoxy) is 1. The number of nitrogens with one attached hydrogen (secondary N) is 2. The first-order valence-electron chi connectivity index (χ1n) is 10.8. The van der Waals surface area contributed by atoms with Crippen molar-refractivity contribution in [2.45, 2.75) is 31.1 Å². The molecule has 2 aromatic carbocycles. The number of nitriles is 1. The molecule has 1 fully saturated rings. The van der Waals surface area contributed by atoms with Crippen molar-refractivity contribution in [1.82, 2.24) is 15.2 Å². The van der Waals surface area contributed by atoms with Crippen LogP contribution in [-0.2, 0) is 23.0 Å². The van der Waals surface area contributed by atoms with E-state index < -0.39 is 24.0 Å². The van der Waals surface area contributed by atoms with Gasteiger partial charge in [-0.2, -0.15) is 5.26 Å². The zero-order valence-corrected chi connectivity index (χ0v) is 18.3. The molecule has 2 heterocycles. The Bertz CT molecular complexity index is 1220. The molecule has 9 heteroatoms. The topological polar surface area (TPSA) is 130 Å². The maximum atomic E-state index is 12.6. The molecule has 0 saturated carbocycles. The van der Waals surface area contributed by atoms with Gasteiger partial charge in [-0.15, -0.1) is 0 Å². The Labute approximate surface area is 190 Å². The molecular formula is C24H26N4O5. The van der Waals surface area contributed by atoms with E-state index in [2.05, 4.69) is 16.7 Å². The monoisotopic (exact) mass is 450 g/mol. The van der Waals surface area contributed by atoms with Gasteiger partial charge in [-0.1, -0.05) is 30.3 Å². The van der Waals surface area contributed by atoms with Crippen molar-refractivity contribution >= 4 is 17.0 Å². The van der Waals surface area contributed by atoms with Crippen molar-refractivity contribution in [3.05, 3.63) is 58.6 Å². The fraction of sp³-hybridized carbons (Fsp3) is 0.375. The van der Waals surface area contributed by atoms with Crippen LogP contribution in [0.5, 0.6) is 0 Å². The number of fused-ring (bicyclic) bond motifs is 1. The van der Waals surface area contributed by atoms with Crippen LogP contribution in [-0.4, -0.2) is 53.5 Å². The number of carbonyl (C=O) groups excluding carboxylic acids is 1. The lowest BCUT2D eigenvalue weighted by atomic mass is 10.0. The molecule has 1 aromatic heterocycles. The summed E-state index contributed by atoms with van der Waals surface area (Å²) in [5.41, 5.74) is 4.04. The Morgan fingerprint density at radius 2 is 2.06 bits per heavy atom. The van der Waals surface area contributed by atoms with E-state index in [1.54, 1.807) is 13.1 Å². The number of amides is 1. The highest BCUT2D eigenvalue weighted by molar-refractivity contribution is 5.82. The molecule has 1 amide bonds. The van der Waals surface area contributed by atoms with Crippen molar-refractivity contribution in [2.75, 3.05) is 19.7 Å².